The fourth-order valence-electron chi connectivity index (χ4n) is 4.36. The lowest BCUT2D eigenvalue weighted by Gasteiger charge is -2.22. The van der Waals surface area contributed by atoms with E-state index in [4.69, 9.17) is 4.74 Å². The van der Waals surface area contributed by atoms with Gasteiger partial charge in [-0.25, -0.2) is 13.8 Å². The van der Waals surface area contributed by atoms with Crippen LogP contribution in [0.1, 0.15) is 22.9 Å². The number of nitrogens with one attached hydrogen (secondary N) is 2. The molecule has 4 aromatic rings. The molecule has 0 spiro atoms. The van der Waals surface area contributed by atoms with Crippen LogP contribution in [0.25, 0.3) is 16.6 Å². The van der Waals surface area contributed by atoms with Gasteiger partial charge in [0.05, 0.1) is 25.0 Å². The molecular formula is C22H20FN4O4+. The van der Waals surface area contributed by atoms with E-state index in [1.165, 1.54) is 18.2 Å². The number of ether oxygens (including phenoxy) is 1. The minimum atomic E-state index is -0.909. The Hall–Kier alpha value is -3.85. The van der Waals surface area contributed by atoms with E-state index in [0.29, 0.717) is 12.3 Å². The van der Waals surface area contributed by atoms with Gasteiger partial charge in [-0.2, -0.15) is 0 Å². The lowest BCUT2D eigenvalue weighted by atomic mass is 9.95. The summed E-state index contributed by atoms with van der Waals surface area (Å²) in [6.07, 6.45) is 0.755. The molecule has 0 fully saturated rings. The molecule has 2 aromatic heterocycles. The SMILES string of the molecule is COc1ccc2[nH]c3c(c2c1)CC[NH2+][C@H]3c1c(O)n(-c2ccccc2F)c(=O)[nH]c1=O. The summed E-state index contributed by atoms with van der Waals surface area (Å²) in [5.41, 5.74) is 0.888. The van der Waals surface area contributed by atoms with E-state index in [1.54, 1.807) is 13.2 Å². The summed E-state index contributed by atoms with van der Waals surface area (Å²) in [5, 5.41) is 13.9. The van der Waals surface area contributed by atoms with Crippen molar-refractivity contribution in [1.82, 2.24) is 14.5 Å². The van der Waals surface area contributed by atoms with Crippen LogP contribution >= 0.6 is 0 Å². The molecule has 5 rings (SSSR count). The van der Waals surface area contributed by atoms with Gasteiger partial charge in [0.2, 0.25) is 5.88 Å². The number of nitrogens with two attached hydrogens (primary N) is 1. The first kappa shape index (κ1) is 19.1. The number of halogens is 1. The molecule has 1 aliphatic heterocycles. The first-order valence-electron chi connectivity index (χ1n) is 9.84. The van der Waals surface area contributed by atoms with Crippen LogP contribution in [0.3, 0.4) is 0 Å². The second kappa shape index (κ2) is 7.13. The zero-order chi connectivity index (χ0) is 21.7. The van der Waals surface area contributed by atoms with Crippen molar-refractivity contribution in [2.45, 2.75) is 12.5 Å². The molecule has 0 unspecified atom stereocenters. The van der Waals surface area contributed by atoms with Crippen molar-refractivity contribution in [3.63, 3.8) is 0 Å². The van der Waals surface area contributed by atoms with Gasteiger partial charge in [0, 0.05) is 17.3 Å². The molecule has 0 aliphatic carbocycles. The maximum absolute atomic E-state index is 14.4. The summed E-state index contributed by atoms with van der Waals surface area (Å²) in [7, 11) is 1.60. The highest BCUT2D eigenvalue weighted by Gasteiger charge is 2.34. The third-order valence-electron chi connectivity index (χ3n) is 5.78. The average molecular weight is 423 g/mol. The summed E-state index contributed by atoms with van der Waals surface area (Å²) >= 11 is 0. The number of rotatable bonds is 3. The second-order valence-electron chi connectivity index (χ2n) is 7.46. The second-order valence-corrected chi connectivity index (χ2v) is 7.46. The highest BCUT2D eigenvalue weighted by Crippen LogP contribution is 2.34. The summed E-state index contributed by atoms with van der Waals surface area (Å²) in [6, 6.07) is 10.6. The monoisotopic (exact) mass is 423 g/mol. The van der Waals surface area contributed by atoms with Crippen LogP contribution in [0.4, 0.5) is 4.39 Å². The minimum absolute atomic E-state index is 0.0117. The third kappa shape index (κ3) is 2.93. The van der Waals surface area contributed by atoms with E-state index in [2.05, 4.69) is 9.97 Å². The number of methoxy groups -OCH3 is 1. The first-order chi connectivity index (χ1) is 15.0. The largest absolute Gasteiger partial charge is 0.497 e. The Bertz CT molecular complexity index is 1440. The van der Waals surface area contributed by atoms with Gasteiger partial charge in [-0.1, -0.05) is 12.1 Å². The highest BCUT2D eigenvalue weighted by molar-refractivity contribution is 5.86. The molecule has 31 heavy (non-hydrogen) atoms. The molecular weight excluding hydrogens is 403 g/mol. The Morgan fingerprint density at radius 1 is 1.19 bits per heavy atom. The van der Waals surface area contributed by atoms with Crippen LogP contribution in [-0.4, -0.2) is 33.3 Å². The molecule has 2 aromatic carbocycles. The molecule has 0 radical (unpaired) electrons. The van der Waals surface area contributed by atoms with Gasteiger partial charge in [0.15, 0.2) is 6.04 Å². The zero-order valence-electron chi connectivity index (χ0n) is 16.6. The van der Waals surface area contributed by atoms with Crippen molar-refractivity contribution < 1.29 is 19.6 Å². The molecule has 0 bridgehead atoms. The molecule has 0 saturated carbocycles. The highest BCUT2D eigenvalue weighted by atomic mass is 19.1. The molecule has 0 saturated heterocycles. The maximum Gasteiger partial charge on any atom is 0.335 e. The summed E-state index contributed by atoms with van der Waals surface area (Å²) < 4.78 is 20.5. The molecule has 8 nitrogen and oxygen atoms in total. The lowest BCUT2D eigenvalue weighted by molar-refractivity contribution is -0.690. The van der Waals surface area contributed by atoms with Crippen molar-refractivity contribution in [3.05, 3.63) is 85.9 Å². The van der Waals surface area contributed by atoms with Gasteiger partial charge >= 0.3 is 5.69 Å². The summed E-state index contributed by atoms with van der Waals surface area (Å²) in [4.78, 5) is 30.8. The van der Waals surface area contributed by atoms with E-state index in [1.807, 2.05) is 23.5 Å². The number of aromatic amines is 2. The number of fused-ring (bicyclic) bond motifs is 3. The fraction of sp³-hybridized carbons (Fsp3) is 0.182. The summed E-state index contributed by atoms with van der Waals surface area (Å²) in [5.74, 6) is -0.553. The van der Waals surface area contributed by atoms with E-state index in [0.717, 1.165) is 33.1 Å². The van der Waals surface area contributed by atoms with Gasteiger partial charge in [-0.3, -0.25) is 9.78 Å². The predicted molar refractivity (Wildman–Crippen MR) is 111 cm³/mol. The topological polar surface area (TPSA) is 117 Å². The van der Waals surface area contributed by atoms with Gasteiger partial charge in [0.25, 0.3) is 5.56 Å². The maximum atomic E-state index is 14.4. The van der Waals surface area contributed by atoms with Crippen molar-refractivity contribution >= 4 is 10.9 Å². The first-order valence-corrected chi connectivity index (χ1v) is 9.84. The van der Waals surface area contributed by atoms with E-state index in [-0.39, 0.29) is 11.3 Å². The predicted octanol–water partition coefficient (Wildman–Crippen LogP) is 1.07. The number of para-hydroxylation sites is 1. The van der Waals surface area contributed by atoms with E-state index < -0.39 is 29.0 Å². The van der Waals surface area contributed by atoms with Crippen LogP contribution in [0.2, 0.25) is 0 Å². The lowest BCUT2D eigenvalue weighted by Crippen LogP contribution is -2.87. The Morgan fingerprint density at radius 3 is 2.77 bits per heavy atom. The van der Waals surface area contributed by atoms with Gasteiger partial charge < -0.3 is 20.1 Å². The number of aromatic hydroxyl groups is 1. The Balaban J connectivity index is 1.74. The molecule has 9 heteroatoms. The normalized spacial score (nSPS) is 15.7. The van der Waals surface area contributed by atoms with Crippen LogP contribution in [-0.2, 0) is 6.42 Å². The molecule has 1 atom stereocenters. The van der Waals surface area contributed by atoms with Crippen molar-refractivity contribution in [1.29, 1.82) is 0 Å². The standard InChI is InChI=1S/C22H19FN4O4/c1-31-11-6-7-15-13(10-11)12-8-9-24-19(18(12)25-15)17-20(28)26-22(30)27(21(17)29)16-5-3-2-4-14(16)23/h2-7,10,19,24-25,29H,8-9H2,1H3,(H,26,28,30)/p+1/t19-/m0/s1. The smallest absolute Gasteiger partial charge is 0.335 e. The molecule has 3 heterocycles. The van der Waals surface area contributed by atoms with Crippen molar-refractivity contribution in [2.24, 2.45) is 0 Å². The molecule has 5 N–H and O–H groups in total. The van der Waals surface area contributed by atoms with E-state index in [9.17, 15) is 19.1 Å². The number of hydrogen-bond acceptors (Lipinski definition) is 4. The number of aromatic nitrogens is 3. The van der Waals surface area contributed by atoms with Crippen LogP contribution < -0.4 is 21.3 Å². The quantitative estimate of drug-likeness (QED) is 0.394. The van der Waals surface area contributed by atoms with E-state index >= 15 is 0 Å². The number of H-pyrrole nitrogens is 2. The van der Waals surface area contributed by atoms with Gasteiger partial charge in [0.1, 0.15) is 17.1 Å². The van der Waals surface area contributed by atoms with Gasteiger partial charge in [-0.15, -0.1) is 0 Å². The Labute approximate surface area is 174 Å². The Kier molecular flexibility index (Phi) is 4.40. The minimum Gasteiger partial charge on any atom is -0.497 e. The van der Waals surface area contributed by atoms with Crippen LogP contribution in [0.15, 0.2) is 52.1 Å². The Morgan fingerprint density at radius 2 is 2.00 bits per heavy atom. The number of hydrogen-bond donors (Lipinski definition) is 4. The zero-order valence-corrected chi connectivity index (χ0v) is 16.6. The summed E-state index contributed by atoms with van der Waals surface area (Å²) in [6.45, 7) is 0.666. The number of nitrogens with zero attached hydrogens (tertiary/aromatic N) is 1. The fourth-order valence-corrected chi connectivity index (χ4v) is 4.36. The van der Waals surface area contributed by atoms with Crippen LogP contribution in [0.5, 0.6) is 11.6 Å². The molecule has 1 aliphatic rings. The van der Waals surface area contributed by atoms with Crippen LogP contribution in [0, 0.1) is 5.82 Å². The molecule has 0 amide bonds. The van der Waals surface area contributed by atoms with Crippen molar-refractivity contribution in [2.75, 3.05) is 13.7 Å². The number of benzene rings is 2. The van der Waals surface area contributed by atoms with Crippen molar-refractivity contribution in [3.8, 4) is 17.3 Å². The molecule has 158 valence electrons. The van der Waals surface area contributed by atoms with Gasteiger partial charge in [-0.05, 0) is 35.9 Å². The number of quaternary nitrogens is 1. The third-order valence-corrected chi connectivity index (χ3v) is 5.78. The average Bonchev–Trinajstić information content (AvgIpc) is 3.13.